The molecule has 0 atom stereocenters. The lowest BCUT2D eigenvalue weighted by molar-refractivity contribution is 0.164. The molecule has 2 aromatic rings. The second-order valence-electron chi connectivity index (χ2n) is 7.34. The number of hydrogen-bond acceptors (Lipinski definition) is 6. The van der Waals surface area contributed by atoms with Crippen LogP contribution in [0.2, 0.25) is 0 Å². The van der Waals surface area contributed by atoms with E-state index in [4.69, 9.17) is 4.42 Å². The molecule has 3 rings (SSSR count). The molecule has 2 aromatic heterocycles. The molecule has 0 aromatic carbocycles. The molecule has 0 spiro atoms. The van der Waals surface area contributed by atoms with Crippen molar-refractivity contribution in [3.8, 4) is 0 Å². The summed E-state index contributed by atoms with van der Waals surface area (Å²) in [5, 5.41) is 10.9. The third-order valence-electron chi connectivity index (χ3n) is 5.22. The van der Waals surface area contributed by atoms with Gasteiger partial charge in [0.25, 0.3) is 0 Å². The van der Waals surface area contributed by atoms with Gasteiger partial charge in [-0.1, -0.05) is 0 Å². The first kappa shape index (κ1) is 20.3. The van der Waals surface area contributed by atoms with Crippen LogP contribution >= 0.6 is 0 Å². The van der Waals surface area contributed by atoms with Crippen molar-refractivity contribution in [3.63, 3.8) is 0 Å². The first-order chi connectivity index (χ1) is 13.5. The van der Waals surface area contributed by atoms with E-state index < -0.39 is 0 Å². The van der Waals surface area contributed by atoms with Crippen molar-refractivity contribution in [3.05, 3.63) is 29.5 Å². The zero-order valence-corrected chi connectivity index (χ0v) is 17.4. The van der Waals surface area contributed by atoms with Crippen molar-refractivity contribution >= 4 is 5.96 Å². The van der Waals surface area contributed by atoms with E-state index in [-0.39, 0.29) is 0 Å². The van der Waals surface area contributed by atoms with Gasteiger partial charge in [-0.15, -0.1) is 0 Å². The van der Waals surface area contributed by atoms with Crippen molar-refractivity contribution < 1.29 is 4.42 Å². The molecule has 28 heavy (non-hydrogen) atoms. The fourth-order valence-corrected chi connectivity index (χ4v) is 3.34. The van der Waals surface area contributed by atoms with Crippen molar-refractivity contribution in [2.75, 3.05) is 26.2 Å². The highest BCUT2D eigenvalue weighted by molar-refractivity contribution is 5.79. The standard InChI is InChI=1S/C19H32N8O/c1-5-20-19(22-11-17-23-13-24-26(17)4)21-10-16-6-8-27(9-7-16)12-18-25-14(2)15(3)28-18/h13,16H,5-12H2,1-4H3,(H2,20,21,22). The maximum atomic E-state index is 5.72. The van der Waals surface area contributed by atoms with E-state index in [1.165, 1.54) is 0 Å². The Labute approximate surface area is 166 Å². The monoisotopic (exact) mass is 388 g/mol. The number of guanidine groups is 1. The molecule has 0 aliphatic carbocycles. The lowest BCUT2D eigenvalue weighted by atomic mass is 9.97. The van der Waals surface area contributed by atoms with Crippen LogP contribution in [0.1, 0.15) is 42.9 Å². The molecular weight excluding hydrogens is 356 g/mol. The van der Waals surface area contributed by atoms with Crippen molar-refractivity contribution in [1.82, 2.24) is 35.3 Å². The third-order valence-corrected chi connectivity index (χ3v) is 5.22. The summed E-state index contributed by atoms with van der Waals surface area (Å²) < 4.78 is 7.46. The minimum Gasteiger partial charge on any atom is -0.444 e. The third kappa shape index (κ3) is 5.54. The summed E-state index contributed by atoms with van der Waals surface area (Å²) in [7, 11) is 1.88. The Morgan fingerprint density at radius 1 is 1.29 bits per heavy atom. The molecule has 1 saturated heterocycles. The van der Waals surface area contributed by atoms with Crippen LogP contribution in [-0.4, -0.2) is 56.8 Å². The minimum absolute atomic E-state index is 0.513. The van der Waals surface area contributed by atoms with Crippen LogP contribution in [0, 0.1) is 19.8 Å². The summed E-state index contributed by atoms with van der Waals surface area (Å²) in [5.41, 5.74) is 0.991. The van der Waals surface area contributed by atoms with Crippen molar-refractivity contribution in [1.29, 1.82) is 0 Å². The average molecular weight is 389 g/mol. The highest BCUT2D eigenvalue weighted by Crippen LogP contribution is 2.19. The van der Waals surface area contributed by atoms with Gasteiger partial charge >= 0.3 is 0 Å². The lowest BCUT2D eigenvalue weighted by Crippen LogP contribution is -2.42. The van der Waals surface area contributed by atoms with Crippen LogP contribution in [-0.2, 0) is 20.1 Å². The number of likely N-dealkylation sites (tertiary alicyclic amines) is 1. The predicted molar refractivity (Wildman–Crippen MR) is 108 cm³/mol. The quantitative estimate of drug-likeness (QED) is 0.546. The van der Waals surface area contributed by atoms with Crippen LogP contribution in [0.3, 0.4) is 0 Å². The maximum absolute atomic E-state index is 5.72. The molecule has 1 aliphatic rings. The Balaban J connectivity index is 1.43. The second-order valence-corrected chi connectivity index (χ2v) is 7.34. The number of aryl methyl sites for hydroxylation is 3. The molecule has 3 heterocycles. The summed E-state index contributed by atoms with van der Waals surface area (Å²) in [6.07, 6.45) is 3.88. The molecule has 1 fully saturated rings. The number of nitrogens with zero attached hydrogens (tertiary/aromatic N) is 6. The Morgan fingerprint density at radius 3 is 2.68 bits per heavy atom. The van der Waals surface area contributed by atoms with Gasteiger partial charge in [0.2, 0.25) is 5.89 Å². The van der Waals surface area contributed by atoms with Crippen LogP contribution in [0.4, 0.5) is 0 Å². The molecule has 1 aliphatic heterocycles. The summed E-state index contributed by atoms with van der Waals surface area (Å²) in [4.78, 5) is 15.8. The van der Waals surface area contributed by atoms with Crippen molar-refractivity contribution in [2.24, 2.45) is 18.0 Å². The first-order valence-electron chi connectivity index (χ1n) is 10.1. The largest absolute Gasteiger partial charge is 0.444 e. The van der Waals surface area contributed by atoms with Gasteiger partial charge in [-0.25, -0.2) is 15.0 Å². The average Bonchev–Trinajstić information content (AvgIpc) is 3.23. The van der Waals surface area contributed by atoms with Crippen LogP contribution in [0.5, 0.6) is 0 Å². The van der Waals surface area contributed by atoms with E-state index in [1.807, 2.05) is 20.9 Å². The molecule has 154 valence electrons. The van der Waals surface area contributed by atoms with E-state index in [1.54, 1.807) is 11.0 Å². The van der Waals surface area contributed by atoms with E-state index in [0.717, 1.165) is 74.7 Å². The smallest absolute Gasteiger partial charge is 0.208 e. The number of rotatable bonds is 7. The SMILES string of the molecule is CCNC(=NCc1ncnn1C)NCC1CCN(Cc2nc(C)c(C)o2)CC1. The number of hydrogen-bond donors (Lipinski definition) is 2. The Morgan fingerprint density at radius 2 is 2.07 bits per heavy atom. The second kappa shape index (κ2) is 9.68. The minimum atomic E-state index is 0.513. The van der Waals surface area contributed by atoms with Gasteiger partial charge in [0.1, 0.15) is 24.5 Å². The molecule has 0 unspecified atom stereocenters. The van der Waals surface area contributed by atoms with Gasteiger partial charge in [0.05, 0.1) is 12.2 Å². The van der Waals surface area contributed by atoms with Crippen LogP contribution < -0.4 is 10.6 Å². The normalized spacial score (nSPS) is 16.5. The maximum Gasteiger partial charge on any atom is 0.208 e. The van der Waals surface area contributed by atoms with Crippen LogP contribution in [0.25, 0.3) is 0 Å². The van der Waals surface area contributed by atoms with E-state index >= 15 is 0 Å². The lowest BCUT2D eigenvalue weighted by Gasteiger charge is -2.31. The van der Waals surface area contributed by atoms with Gasteiger partial charge in [-0.05, 0) is 52.6 Å². The predicted octanol–water partition coefficient (Wildman–Crippen LogP) is 1.39. The molecule has 0 radical (unpaired) electrons. The topological polar surface area (TPSA) is 96.4 Å². The zero-order valence-electron chi connectivity index (χ0n) is 17.4. The highest BCUT2D eigenvalue weighted by Gasteiger charge is 2.21. The fourth-order valence-electron chi connectivity index (χ4n) is 3.34. The van der Waals surface area contributed by atoms with Gasteiger partial charge < -0.3 is 15.1 Å². The molecule has 0 amide bonds. The fraction of sp³-hybridized carbons (Fsp3) is 0.684. The summed E-state index contributed by atoms with van der Waals surface area (Å²) in [6.45, 7) is 11.2. The van der Waals surface area contributed by atoms with Crippen molar-refractivity contribution in [2.45, 2.75) is 46.7 Å². The van der Waals surface area contributed by atoms with Crippen LogP contribution in [0.15, 0.2) is 15.7 Å². The number of oxazole rings is 1. The van der Waals surface area contributed by atoms with Gasteiger partial charge in [0.15, 0.2) is 5.96 Å². The van der Waals surface area contributed by atoms with E-state index in [9.17, 15) is 0 Å². The number of nitrogens with one attached hydrogen (secondary N) is 2. The number of aliphatic imine (C=N–C) groups is 1. The van der Waals surface area contributed by atoms with Gasteiger partial charge in [0, 0.05) is 20.1 Å². The van der Waals surface area contributed by atoms with Gasteiger partial charge in [-0.2, -0.15) is 5.10 Å². The molecule has 0 bridgehead atoms. The molecular formula is C19H32N8O. The highest BCUT2D eigenvalue weighted by atomic mass is 16.4. The van der Waals surface area contributed by atoms with E-state index in [0.29, 0.717) is 12.5 Å². The Kier molecular flexibility index (Phi) is 7.02. The molecule has 0 saturated carbocycles. The zero-order chi connectivity index (χ0) is 19.9. The van der Waals surface area contributed by atoms with Gasteiger partial charge in [-0.3, -0.25) is 9.58 Å². The number of aromatic nitrogens is 4. The summed E-state index contributed by atoms with van der Waals surface area (Å²) >= 11 is 0. The molecule has 2 N–H and O–H groups in total. The summed E-state index contributed by atoms with van der Waals surface area (Å²) in [6, 6.07) is 0. The Bertz CT molecular complexity index is 753. The first-order valence-corrected chi connectivity index (χ1v) is 10.1. The summed E-state index contributed by atoms with van der Waals surface area (Å²) in [5.74, 6) is 4.08. The van der Waals surface area contributed by atoms with E-state index in [2.05, 4.69) is 42.5 Å². The number of piperidine rings is 1. The molecule has 9 nitrogen and oxygen atoms in total. The Hall–Kier alpha value is -2.42. The molecule has 9 heteroatoms.